The number of hydrogen-bond donors (Lipinski definition) is 0. The van der Waals surface area contributed by atoms with Crippen molar-refractivity contribution < 1.29 is 19.1 Å². The van der Waals surface area contributed by atoms with Crippen LogP contribution in [-0.2, 0) is 22.6 Å². The van der Waals surface area contributed by atoms with Gasteiger partial charge in [-0.05, 0) is 43.2 Å². The normalized spacial score (nSPS) is 14.8. The zero-order valence-electron chi connectivity index (χ0n) is 16.8. The van der Waals surface area contributed by atoms with Crippen LogP contribution in [0.25, 0.3) is 0 Å². The summed E-state index contributed by atoms with van der Waals surface area (Å²) in [4.78, 5) is 27.2. The van der Waals surface area contributed by atoms with Crippen LogP contribution in [0.4, 0.5) is 5.69 Å². The van der Waals surface area contributed by atoms with E-state index in [2.05, 4.69) is 0 Å². The van der Waals surface area contributed by atoms with Crippen molar-refractivity contribution in [3.8, 4) is 5.75 Å². The van der Waals surface area contributed by atoms with Crippen molar-refractivity contribution in [2.45, 2.75) is 26.0 Å². The van der Waals surface area contributed by atoms with Crippen molar-refractivity contribution in [3.05, 3.63) is 95.6 Å². The number of para-hydroxylation sites is 2. The maximum absolute atomic E-state index is 12.8. The van der Waals surface area contributed by atoms with Crippen molar-refractivity contribution >= 4 is 17.6 Å². The van der Waals surface area contributed by atoms with E-state index in [-0.39, 0.29) is 25.2 Å². The molecule has 1 aliphatic rings. The highest BCUT2D eigenvalue weighted by atomic mass is 16.5. The summed E-state index contributed by atoms with van der Waals surface area (Å²) in [5, 5.41) is 0. The Kier molecular flexibility index (Phi) is 5.80. The van der Waals surface area contributed by atoms with Crippen molar-refractivity contribution in [2.24, 2.45) is 0 Å². The number of anilines is 1. The predicted octanol–water partition coefficient (Wildman–Crippen LogP) is 4.40. The van der Waals surface area contributed by atoms with Gasteiger partial charge in [0.05, 0.1) is 5.56 Å². The number of rotatable bonds is 6. The molecule has 0 spiro atoms. The van der Waals surface area contributed by atoms with Gasteiger partial charge < -0.3 is 14.4 Å². The zero-order valence-corrected chi connectivity index (χ0v) is 16.8. The third kappa shape index (κ3) is 4.20. The number of hydrogen-bond acceptors (Lipinski definition) is 4. The minimum absolute atomic E-state index is 0.0418. The summed E-state index contributed by atoms with van der Waals surface area (Å²) in [6.07, 6.45) is 0.801. The molecule has 1 atom stereocenters. The largest absolute Gasteiger partial charge is 0.489 e. The van der Waals surface area contributed by atoms with Crippen LogP contribution >= 0.6 is 0 Å². The van der Waals surface area contributed by atoms with Gasteiger partial charge >= 0.3 is 5.97 Å². The summed E-state index contributed by atoms with van der Waals surface area (Å²) in [6.45, 7) is 1.93. The lowest BCUT2D eigenvalue weighted by molar-refractivity contribution is -0.122. The number of benzene rings is 3. The Hall–Kier alpha value is -3.60. The van der Waals surface area contributed by atoms with Gasteiger partial charge in [-0.25, -0.2) is 4.79 Å². The summed E-state index contributed by atoms with van der Waals surface area (Å²) in [6, 6.07) is 24.4. The molecule has 152 valence electrons. The Bertz CT molecular complexity index is 1050. The van der Waals surface area contributed by atoms with E-state index in [0.29, 0.717) is 11.1 Å². The molecule has 5 nitrogen and oxygen atoms in total. The monoisotopic (exact) mass is 401 g/mol. The summed E-state index contributed by atoms with van der Waals surface area (Å²) in [5.41, 5.74) is 3.13. The maximum Gasteiger partial charge on any atom is 0.339 e. The standard InChI is InChI=1S/C25H23NO4/c1-18-15-19-9-6-8-14-23(19)26(18)24(27)17-30-25(28)22-13-7-5-10-20(22)16-29-21-11-3-2-4-12-21/h2-14,18H,15-17H2,1H3/t18-/m1/s1. The Labute approximate surface area is 175 Å². The van der Waals surface area contributed by atoms with Gasteiger partial charge in [-0.15, -0.1) is 0 Å². The molecule has 1 aliphatic heterocycles. The van der Waals surface area contributed by atoms with Crippen LogP contribution in [0.3, 0.4) is 0 Å². The van der Waals surface area contributed by atoms with Gasteiger partial charge in [0, 0.05) is 17.3 Å². The Balaban J connectivity index is 1.40. The van der Waals surface area contributed by atoms with E-state index in [1.807, 2.05) is 73.7 Å². The quantitative estimate of drug-likeness (QED) is 0.575. The lowest BCUT2D eigenvalue weighted by atomic mass is 10.1. The molecule has 0 N–H and O–H groups in total. The van der Waals surface area contributed by atoms with Gasteiger partial charge in [0.2, 0.25) is 0 Å². The number of ether oxygens (including phenoxy) is 2. The molecule has 30 heavy (non-hydrogen) atoms. The van der Waals surface area contributed by atoms with Crippen LogP contribution in [-0.4, -0.2) is 24.5 Å². The molecule has 4 rings (SSSR count). The van der Waals surface area contributed by atoms with Gasteiger partial charge in [0.1, 0.15) is 12.4 Å². The SMILES string of the molecule is C[C@@H]1Cc2ccccc2N1C(=O)COC(=O)c1ccccc1COc1ccccc1. The third-order valence-electron chi connectivity index (χ3n) is 5.18. The molecule has 0 aliphatic carbocycles. The van der Waals surface area contributed by atoms with Crippen molar-refractivity contribution in [3.63, 3.8) is 0 Å². The van der Waals surface area contributed by atoms with Crippen LogP contribution in [0.15, 0.2) is 78.9 Å². The molecule has 0 bridgehead atoms. The zero-order chi connectivity index (χ0) is 20.9. The first-order chi connectivity index (χ1) is 14.6. The van der Waals surface area contributed by atoms with Gasteiger partial charge in [0.25, 0.3) is 5.91 Å². The third-order valence-corrected chi connectivity index (χ3v) is 5.18. The number of carbonyl (C=O) groups is 2. The molecular formula is C25H23NO4. The fraction of sp³-hybridized carbons (Fsp3) is 0.200. The number of nitrogens with zero attached hydrogens (tertiary/aromatic N) is 1. The second-order valence-electron chi connectivity index (χ2n) is 7.28. The molecule has 0 unspecified atom stereocenters. The molecule has 0 aromatic heterocycles. The molecule has 3 aromatic rings. The number of esters is 1. The molecule has 0 radical (unpaired) electrons. The van der Waals surface area contributed by atoms with E-state index >= 15 is 0 Å². The topological polar surface area (TPSA) is 55.8 Å². The van der Waals surface area contributed by atoms with Gasteiger partial charge in [-0.1, -0.05) is 54.6 Å². The summed E-state index contributed by atoms with van der Waals surface area (Å²) in [5.74, 6) is -0.0351. The van der Waals surface area contributed by atoms with Crippen LogP contribution in [0, 0.1) is 0 Å². The van der Waals surface area contributed by atoms with E-state index in [0.717, 1.165) is 23.4 Å². The van der Waals surface area contributed by atoms with Crippen molar-refractivity contribution in [1.29, 1.82) is 0 Å². The Morgan fingerprint density at radius 1 is 0.933 bits per heavy atom. The second kappa shape index (κ2) is 8.82. The number of carbonyl (C=O) groups excluding carboxylic acids is 2. The van der Waals surface area contributed by atoms with Gasteiger partial charge in [-0.2, -0.15) is 0 Å². The van der Waals surface area contributed by atoms with E-state index in [4.69, 9.17) is 9.47 Å². The second-order valence-corrected chi connectivity index (χ2v) is 7.28. The molecule has 0 fully saturated rings. The number of fused-ring (bicyclic) bond motifs is 1. The fourth-order valence-corrected chi connectivity index (χ4v) is 3.74. The van der Waals surface area contributed by atoms with Crippen LogP contribution < -0.4 is 9.64 Å². The van der Waals surface area contributed by atoms with E-state index < -0.39 is 5.97 Å². The molecule has 0 saturated heterocycles. The lowest BCUT2D eigenvalue weighted by Crippen LogP contribution is -2.38. The maximum atomic E-state index is 12.8. The highest BCUT2D eigenvalue weighted by Crippen LogP contribution is 2.31. The van der Waals surface area contributed by atoms with Crippen LogP contribution in [0.2, 0.25) is 0 Å². The van der Waals surface area contributed by atoms with E-state index in [9.17, 15) is 9.59 Å². The average Bonchev–Trinajstić information content (AvgIpc) is 3.12. The number of amides is 1. The highest BCUT2D eigenvalue weighted by molar-refractivity contribution is 5.99. The first-order valence-corrected chi connectivity index (χ1v) is 9.96. The first kappa shape index (κ1) is 19.7. The van der Waals surface area contributed by atoms with Crippen LogP contribution in [0.1, 0.15) is 28.4 Å². The van der Waals surface area contributed by atoms with Crippen molar-refractivity contribution in [1.82, 2.24) is 0 Å². The van der Waals surface area contributed by atoms with E-state index in [1.165, 1.54) is 0 Å². The van der Waals surface area contributed by atoms with Gasteiger partial charge in [-0.3, -0.25) is 4.79 Å². The summed E-state index contributed by atoms with van der Waals surface area (Å²) < 4.78 is 11.1. The molecule has 5 heteroatoms. The van der Waals surface area contributed by atoms with Gasteiger partial charge in [0.15, 0.2) is 6.61 Å². The molecule has 3 aromatic carbocycles. The summed E-state index contributed by atoms with van der Waals surface area (Å²) in [7, 11) is 0. The first-order valence-electron chi connectivity index (χ1n) is 9.96. The van der Waals surface area contributed by atoms with Crippen LogP contribution in [0.5, 0.6) is 5.75 Å². The molecular weight excluding hydrogens is 378 g/mol. The predicted molar refractivity (Wildman–Crippen MR) is 115 cm³/mol. The average molecular weight is 401 g/mol. The molecule has 1 heterocycles. The van der Waals surface area contributed by atoms with E-state index in [1.54, 1.807) is 17.0 Å². The fourth-order valence-electron chi connectivity index (χ4n) is 3.74. The summed E-state index contributed by atoms with van der Waals surface area (Å²) >= 11 is 0. The van der Waals surface area contributed by atoms with Crippen molar-refractivity contribution in [2.75, 3.05) is 11.5 Å². The highest BCUT2D eigenvalue weighted by Gasteiger charge is 2.31. The smallest absolute Gasteiger partial charge is 0.339 e. The minimum atomic E-state index is -0.532. The Morgan fingerprint density at radius 3 is 2.47 bits per heavy atom. The minimum Gasteiger partial charge on any atom is -0.489 e. The lowest BCUT2D eigenvalue weighted by Gasteiger charge is -2.22. The molecule has 1 amide bonds. The Morgan fingerprint density at radius 2 is 1.63 bits per heavy atom. The molecule has 0 saturated carbocycles.